The van der Waals surface area contributed by atoms with Gasteiger partial charge in [-0.2, -0.15) is 0 Å². The molecule has 0 aromatic heterocycles. The summed E-state index contributed by atoms with van der Waals surface area (Å²) in [5.41, 5.74) is 0. The van der Waals surface area contributed by atoms with Crippen LogP contribution in [0.2, 0.25) is 0 Å². The first kappa shape index (κ1) is 66.1. The monoisotopic (exact) mass is 946 g/mol. The summed E-state index contributed by atoms with van der Waals surface area (Å²) in [7, 11) is 0. The highest BCUT2D eigenvalue weighted by Crippen LogP contribution is 2.21. The van der Waals surface area contributed by atoms with Crippen molar-refractivity contribution in [1.82, 2.24) is 5.32 Å². The zero-order valence-corrected chi connectivity index (χ0v) is 46.1. The predicted octanol–water partition coefficient (Wildman–Crippen LogP) is 19.7. The normalized spacial score (nSPS) is 13.0. The van der Waals surface area contributed by atoms with Crippen LogP contribution in [0, 0.1) is 5.92 Å². The van der Waals surface area contributed by atoms with Gasteiger partial charge in [-0.1, -0.05) is 335 Å². The molecule has 67 heavy (non-hydrogen) atoms. The van der Waals surface area contributed by atoms with Crippen molar-refractivity contribution in [2.24, 2.45) is 5.92 Å². The minimum atomic E-state index is -0.790. The van der Waals surface area contributed by atoms with E-state index in [2.05, 4.69) is 26.1 Å². The average molecular weight is 947 g/mol. The van der Waals surface area contributed by atoms with Crippen LogP contribution >= 0.6 is 0 Å². The second-order valence-corrected chi connectivity index (χ2v) is 21.8. The standard InChI is InChI=1S/C62H123NO4/c1-4-7-10-13-16-19-22-25-27-29-31-33-35-38-40-43-46-49-52-55-60(65)58(54-51-48-45-42-39-37-34-32-30-28-26-23-20-17-14-11-8-5-2)62(67)63-59(57-64)61(66)56-53-50-47-44-41-36-24-21-18-15-12-9-6-3/h58-59,61,64,66H,4-57H2,1-3H3,(H,63,67)/t58?,59-,61+/m0/s1. The van der Waals surface area contributed by atoms with Gasteiger partial charge < -0.3 is 15.5 Å². The molecule has 3 N–H and O–H groups in total. The number of carbonyl (C=O) groups is 2. The van der Waals surface area contributed by atoms with Crippen LogP contribution in [-0.4, -0.2) is 40.7 Å². The van der Waals surface area contributed by atoms with Gasteiger partial charge in [-0.25, -0.2) is 0 Å². The molecule has 400 valence electrons. The molecule has 1 amide bonds. The Labute approximate surface area is 420 Å². The van der Waals surface area contributed by atoms with Gasteiger partial charge in [0, 0.05) is 6.42 Å². The first-order valence-corrected chi connectivity index (χ1v) is 31.1. The number of ketones is 1. The lowest BCUT2D eigenvalue weighted by atomic mass is 9.91. The smallest absolute Gasteiger partial charge is 0.230 e. The molecule has 0 aromatic carbocycles. The Balaban J connectivity index is 4.49. The summed E-state index contributed by atoms with van der Waals surface area (Å²) in [6.07, 6.45) is 66.3. The quantitative estimate of drug-likeness (QED) is 0.0419. The van der Waals surface area contributed by atoms with Crippen LogP contribution in [0.4, 0.5) is 0 Å². The summed E-state index contributed by atoms with van der Waals surface area (Å²) < 4.78 is 0. The summed E-state index contributed by atoms with van der Waals surface area (Å²) in [4.78, 5) is 27.4. The van der Waals surface area contributed by atoms with Gasteiger partial charge in [-0.3, -0.25) is 9.59 Å². The number of unbranched alkanes of at least 4 members (excludes halogenated alkanes) is 47. The maximum absolute atomic E-state index is 13.7. The fourth-order valence-corrected chi connectivity index (χ4v) is 10.4. The van der Waals surface area contributed by atoms with E-state index in [1.807, 2.05) is 0 Å². The van der Waals surface area contributed by atoms with Crippen molar-refractivity contribution >= 4 is 11.7 Å². The molecular formula is C62H123NO4. The van der Waals surface area contributed by atoms with E-state index in [-0.39, 0.29) is 18.3 Å². The highest BCUT2D eigenvalue weighted by atomic mass is 16.3. The summed E-state index contributed by atoms with van der Waals surface area (Å²) in [5.74, 6) is -0.897. The number of Topliss-reactive ketones (excluding diaryl/α,β-unsaturated/α-hetero) is 1. The third-order valence-corrected chi connectivity index (χ3v) is 15.2. The molecule has 5 nitrogen and oxygen atoms in total. The number of aliphatic hydroxyl groups excluding tert-OH is 2. The molecule has 0 heterocycles. The van der Waals surface area contributed by atoms with Crippen LogP contribution in [0.3, 0.4) is 0 Å². The SMILES string of the molecule is CCCCCCCCCCCCCCCCCCCCCC(=O)C(CCCCCCCCCCCCCCCCCCCC)C(=O)N[C@@H](CO)[C@H](O)CCCCCCCCCCCCCCC. The molecule has 0 aliphatic rings. The maximum Gasteiger partial charge on any atom is 0.230 e. The van der Waals surface area contributed by atoms with E-state index < -0.39 is 18.1 Å². The Hall–Kier alpha value is -0.940. The van der Waals surface area contributed by atoms with Gasteiger partial charge in [0.2, 0.25) is 5.91 Å². The summed E-state index contributed by atoms with van der Waals surface area (Å²) >= 11 is 0. The lowest BCUT2D eigenvalue weighted by Gasteiger charge is -2.25. The molecule has 1 unspecified atom stereocenters. The van der Waals surface area contributed by atoms with Crippen molar-refractivity contribution in [3.8, 4) is 0 Å². The van der Waals surface area contributed by atoms with Crippen LogP contribution in [-0.2, 0) is 9.59 Å². The van der Waals surface area contributed by atoms with E-state index in [0.29, 0.717) is 19.3 Å². The molecule has 0 aliphatic carbocycles. The number of aliphatic hydroxyl groups is 2. The van der Waals surface area contributed by atoms with Gasteiger partial charge in [0.25, 0.3) is 0 Å². The van der Waals surface area contributed by atoms with Crippen molar-refractivity contribution in [2.75, 3.05) is 6.61 Å². The van der Waals surface area contributed by atoms with E-state index in [9.17, 15) is 19.8 Å². The molecular weight excluding hydrogens is 823 g/mol. The highest BCUT2D eigenvalue weighted by Gasteiger charge is 2.29. The van der Waals surface area contributed by atoms with E-state index in [0.717, 1.165) is 44.9 Å². The second kappa shape index (κ2) is 56.0. The minimum absolute atomic E-state index is 0.0547. The molecule has 0 bridgehead atoms. The lowest BCUT2D eigenvalue weighted by Crippen LogP contribution is -2.49. The van der Waals surface area contributed by atoms with Crippen molar-refractivity contribution in [3.05, 3.63) is 0 Å². The lowest BCUT2D eigenvalue weighted by molar-refractivity contribution is -0.135. The molecule has 0 radical (unpaired) electrons. The Morgan fingerprint density at radius 1 is 0.328 bits per heavy atom. The summed E-state index contributed by atoms with van der Waals surface area (Å²) in [5, 5.41) is 24.2. The van der Waals surface area contributed by atoms with Gasteiger partial charge in [0.1, 0.15) is 5.78 Å². The largest absolute Gasteiger partial charge is 0.394 e. The van der Waals surface area contributed by atoms with Gasteiger partial charge in [-0.15, -0.1) is 0 Å². The zero-order valence-electron chi connectivity index (χ0n) is 46.1. The Morgan fingerprint density at radius 2 is 0.552 bits per heavy atom. The topological polar surface area (TPSA) is 86.6 Å². The Morgan fingerprint density at radius 3 is 0.806 bits per heavy atom. The van der Waals surface area contributed by atoms with Gasteiger partial charge in [-0.05, 0) is 19.3 Å². The Bertz CT molecular complexity index is 971. The molecule has 5 heteroatoms. The second-order valence-electron chi connectivity index (χ2n) is 21.8. The van der Waals surface area contributed by atoms with Gasteiger partial charge in [0.05, 0.1) is 24.7 Å². The number of carbonyl (C=O) groups excluding carboxylic acids is 2. The molecule has 0 aliphatic heterocycles. The van der Waals surface area contributed by atoms with E-state index in [1.165, 1.54) is 276 Å². The van der Waals surface area contributed by atoms with E-state index in [4.69, 9.17) is 0 Å². The molecule has 3 atom stereocenters. The maximum atomic E-state index is 13.7. The van der Waals surface area contributed by atoms with Crippen molar-refractivity contribution in [2.45, 2.75) is 373 Å². The van der Waals surface area contributed by atoms with Crippen LogP contribution < -0.4 is 5.32 Å². The van der Waals surface area contributed by atoms with Crippen molar-refractivity contribution in [3.63, 3.8) is 0 Å². The molecule has 0 spiro atoms. The van der Waals surface area contributed by atoms with Gasteiger partial charge >= 0.3 is 0 Å². The molecule has 0 rings (SSSR count). The Kier molecular flexibility index (Phi) is 55.2. The van der Waals surface area contributed by atoms with Gasteiger partial charge in [0.15, 0.2) is 0 Å². The van der Waals surface area contributed by atoms with Crippen LogP contribution in [0.5, 0.6) is 0 Å². The van der Waals surface area contributed by atoms with E-state index >= 15 is 0 Å². The number of amides is 1. The first-order chi connectivity index (χ1) is 33.0. The number of hydrogen-bond acceptors (Lipinski definition) is 4. The van der Waals surface area contributed by atoms with Crippen LogP contribution in [0.1, 0.15) is 361 Å². The fourth-order valence-electron chi connectivity index (χ4n) is 10.4. The average Bonchev–Trinajstić information content (AvgIpc) is 3.33. The fraction of sp³-hybridized carbons (Fsp3) is 0.968. The number of hydrogen-bond donors (Lipinski definition) is 3. The third-order valence-electron chi connectivity index (χ3n) is 15.2. The molecule has 0 saturated carbocycles. The molecule has 0 aromatic rings. The highest BCUT2D eigenvalue weighted by molar-refractivity contribution is 6.01. The number of rotatable bonds is 58. The van der Waals surface area contributed by atoms with Crippen molar-refractivity contribution < 1.29 is 19.8 Å². The van der Waals surface area contributed by atoms with Crippen LogP contribution in [0.15, 0.2) is 0 Å². The summed E-state index contributed by atoms with van der Waals surface area (Å²) in [6.45, 7) is 6.55. The number of nitrogens with one attached hydrogen (secondary N) is 1. The van der Waals surface area contributed by atoms with E-state index in [1.54, 1.807) is 0 Å². The molecule has 0 saturated heterocycles. The summed E-state index contributed by atoms with van der Waals surface area (Å²) in [6, 6.07) is -0.713. The third kappa shape index (κ3) is 48.5. The zero-order chi connectivity index (χ0) is 48.8. The minimum Gasteiger partial charge on any atom is -0.394 e. The molecule has 0 fully saturated rings. The van der Waals surface area contributed by atoms with Crippen LogP contribution in [0.25, 0.3) is 0 Å². The van der Waals surface area contributed by atoms with Crippen molar-refractivity contribution in [1.29, 1.82) is 0 Å². The predicted molar refractivity (Wildman–Crippen MR) is 295 cm³/mol. The first-order valence-electron chi connectivity index (χ1n) is 31.1.